The summed E-state index contributed by atoms with van der Waals surface area (Å²) in [4.78, 5) is 83.5. The van der Waals surface area contributed by atoms with Crippen molar-refractivity contribution in [2.24, 2.45) is 16.2 Å². The number of amides is 4. The number of aliphatic hydroxyl groups excluding tert-OH is 1. The topological polar surface area (TPSA) is 219 Å². The molecule has 0 spiro atoms. The van der Waals surface area contributed by atoms with Crippen LogP contribution >= 0.6 is 22.9 Å². The maximum absolute atomic E-state index is 14.2. The van der Waals surface area contributed by atoms with Crippen molar-refractivity contribution < 1.29 is 38.6 Å². The van der Waals surface area contributed by atoms with Gasteiger partial charge in [-0.15, -0.1) is 11.3 Å². The number of aromatic nitrogens is 2. The third-order valence-corrected chi connectivity index (χ3v) is 15.7. The second-order valence-electron chi connectivity index (χ2n) is 21.8. The van der Waals surface area contributed by atoms with Crippen LogP contribution in [-0.2, 0) is 23.9 Å². The number of halogens is 1. The summed E-state index contributed by atoms with van der Waals surface area (Å²) in [5.74, 6) is -0.820. The normalized spacial score (nSPS) is 22.4. The number of carbonyl (C=O) groups is 5. The molecule has 1 unspecified atom stereocenters. The first-order chi connectivity index (χ1) is 34.4. The van der Waals surface area contributed by atoms with Crippen LogP contribution in [0.4, 0.5) is 5.82 Å². The molecule has 0 bridgehead atoms. The number of benzene rings is 2. The van der Waals surface area contributed by atoms with E-state index in [-0.39, 0.29) is 62.1 Å². The zero-order chi connectivity index (χ0) is 53.2. The summed E-state index contributed by atoms with van der Waals surface area (Å²) in [6.07, 6.45) is 1.19. The van der Waals surface area contributed by atoms with E-state index < -0.39 is 58.7 Å². The first-order valence-corrected chi connectivity index (χ1v) is 25.9. The van der Waals surface area contributed by atoms with E-state index in [0.29, 0.717) is 47.1 Å². The van der Waals surface area contributed by atoms with Gasteiger partial charge < -0.3 is 40.3 Å². The van der Waals surface area contributed by atoms with Gasteiger partial charge in [0.05, 0.1) is 58.0 Å². The lowest BCUT2D eigenvalue weighted by atomic mass is 9.49. The average Bonchev–Trinajstić information content (AvgIpc) is 3.96. The number of thiazole rings is 1. The number of nitrogens with one attached hydrogen (secondary N) is 3. The Kier molecular flexibility index (Phi) is 16.7. The largest absolute Gasteiger partial charge is 0.489 e. The molecule has 2 aromatic heterocycles. The molecule has 5 atom stereocenters. The summed E-state index contributed by atoms with van der Waals surface area (Å²) in [5.41, 5.74) is 3.51. The van der Waals surface area contributed by atoms with E-state index in [1.807, 2.05) is 37.3 Å². The molecule has 17 nitrogen and oxygen atoms in total. The molecule has 2 aliphatic heterocycles. The van der Waals surface area contributed by atoms with Gasteiger partial charge in [0.15, 0.2) is 5.78 Å². The fourth-order valence-corrected chi connectivity index (χ4v) is 12.1. The van der Waals surface area contributed by atoms with Crippen molar-refractivity contribution in [1.82, 2.24) is 35.7 Å². The molecule has 4 N–H and O–H groups in total. The van der Waals surface area contributed by atoms with Crippen LogP contribution in [0.25, 0.3) is 10.4 Å². The van der Waals surface area contributed by atoms with Crippen molar-refractivity contribution >= 4 is 58.2 Å². The number of rotatable bonds is 17. The van der Waals surface area contributed by atoms with E-state index in [4.69, 9.17) is 26.1 Å². The molecular formula is C54H68ClN9O8S. The van der Waals surface area contributed by atoms with E-state index in [1.54, 1.807) is 56.7 Å². The summed E-state index contributed by atoms with van der Waals surface area (Å²) in [6, 6.07) is 15.2. The number of ketones is 1. The van der Waals surface area contributed by atoms with E-state index in [2.05, 4.69) is 78.3 Å². The van der Waals surface area contributed by atoms with Crippen LogP contribution in [0.5, 0.6) is 5.75 Å². The Morgan fingerprint density at radius 2 is 1.67 bits per heavy atom. The van der Waals surface area contributed by atoms with Gasteiger partial charge in [0.25, 0.3) is 5.91 Å². The molecule has 73 heavy (non-hydrogen) atoms. The fourth-order valence-electron chi connectivity index (χ4n) is 11.0. The SMILES string of the molecule is Cc1ncsc1-c1ccc(C(CO)NC(=O)[C@@H]2CC(=O)CN2C(=O)[C@@H](NC(=O)COCCN2C[C@@H](C)N(c3ccc(C(=O)NC4C(C)(C)C(Oc5ccc(C#N)c(Cl)c5)C4(C)C)cn3)[C@@H](C)C2)C(C)(C)C)cc1. The second kappa shape index (κ2) is 22.2. The molecule has 0 radical (unpaired) electrons. The monoisotopic (exact) mass is 1040 g/mol. The predicted molar refractivity (Wildman–Crippen MR) is 279 cm³/mol. The molecule has 2 saturated heterocycles. The van der Waals surface area contributed by atoms with Crippen LogP contribution in [0.15, 0.2) is 66.3 Å². The van der Waals surface area contributed by atoms with Crippen LogP contribution in [0.3, 0.4) is 0 Å². The van der Waals surface area contributed by atoms with Crippen molar-refractivity contribution in [3.63, 3.8) is 0 Å². The summed E-state index contributed by atoms with van der Waals surface area (Å²) in [7, 11) is 0. The molecule has 3 fully saturated rings. The van der Waals surface area contributed by atoms with E-state index in [1.165, 1.54) is 16.2 Å². The standard InChI is InChI=1S/C54H68ClN9O8S/c1-31-25-62(26-32(2)64(31)43-18-16-37(24-57-43)47(68)61-50-53(7,8)51(54(50,9)10)72-39-17-15-36(23-56)40(55)22-39)19-20-71-29-44(67)60-46(52(4,5)6)49(70)63-27-38(66)21-42(63)48(69)59-41(28-65)34-11-13-35(14-12-34)45-33(3)58-30-73-45/h11-18,22,24,30-32,41-42,46,50-51,65H,19-21,25-29H2,1-10H3,(H,59,69)(H,60,67)(H,61,68)/t31-,32+,41?,42-,46+,50?,51?/m0/s1. The summed E-state index contributed by atoms with van der Waals surface area (Å²) in [5, 5.41) is 28.8. The Morgan fingerprint density at radius 3 is 2.25 bits per heavy atom. The molecular weight excluding hydrogens is 970 g/mol. The van der Waals surface area contributed by atoms with Crippen LogP contribution in [0.1, 0.15) is 102 Å². The lowest BCUT2D eigenvalue weighted by Crippen LogP contribution is -2.74. The van der Waals surface area contributed by atoms with Gasteiger partial charge in [-0.1, -0.05) is 84.3 Å². The fraction of sp³-hybridized carbons (Fsp3) is 0.519. The van der Waals surface area contributed by atoms with Crippen molar-refractivity contribution in [3.05, 3.63) is 93.7 Å². The molecule has 390 valence electrons. The Hall–Kier alpha value is -5.97. The highest BCUT2D eigenvalue weighted by molar-refractivity contribution is 7.13. The zero-order valence-corrected chi connectivity index (χ0v) is 44.9. The maximum atomic E-state index is 14.2. The van der Waals surface area contributed by atoms with Gasteiger partial charge in [0, 0.05) is 67.3 Å². The summed E-state index contributed by atoms with van der Waals surface area (Å²) in [6.45, 7) is 21.0. The highest BCUT2D eigenvalue weighted by Crippen LogP contribution is 2.55. The molecule has 3 aliphatic rings. The first-order valence-electron chi connectivity index (χ1n) is 24.7. The van der Waals surface area contributed by atoms with E-state index >= 15 is 0 Å². The van der Waals surface area contributed by atoms with Gasteiger partial charge in [-0.25, -0.2) is 9.97 Å². The summed E-state index contributed by atoms with van der Waals surface area (Å²) < 4.78 is 12.2. The van der Waals surface area contributed by atoms with Crippen LogP contribution in [0, 0.1) is 34.5 Å². The number of carbonyl (C=O) groups excluding carboxylic acids is 5. The lowest BCUT2D eigenvalue weighted by Gasteiger charge is -2.63. The van der Waals surface area contributed by atoms with Gasteiger partial charge in [0.1, 0.15) is 42.4 Å². The Bertz CT molecular complexity index is 2690. The number of aliphatic hydroxyl groups is 1. The molecule has 1 aliphatic carbocycles. The summed E-state index contributed by atoms with van der Waals surface area (Å²) >= 11 is 7.79. The minimum Gasteiger partial charge on any atom is -0.489 e. The molecule has 7 rings (SSSR count). The lowest BCUT2D eigenvalue weighted by molar-refractivity contribution is -0.164. The third kappa shape index (κ3) is 12.0. The Labute approximate surface area is 437 Å². The van der Waals surface area contributed by atoms with Crippen molar-refractivity contribution in [1.29, 1.82) is 5.26 Å². The Morgan fingerprint density at radius 1 is 0.986 bits per heavy atom. The van der Waals surface area contributed by atoms with Gasteiger partial charge in [0.2, 0.25) is 17.7 Å². The predicted octanol–water partition coefficient (Wildman–Crippen LogP) is 6.12. The number of nitriles is 1. The molecule has 4 amide bonds. The second-order valence-corrected chi connectivity index (χ2v) is 23.1. The molecule has 4 heterocycles. The van der Waals surface area contributed by atoms with Gasteiger partial charge in [-0.2, -0.15) is 5.26 Å². The van der Waals surface area contributed by atoms with Crippen LogP contribution in [0.2, 0.25) is 5.02 Å². The van der Waals surface area contributed by atoms with Crippen molar-refractivity contribution in [3.8, 4) is 22.3 Å². The number of likely N-dealkylation sites (tertiary alicyclic amines) is 1. The average molecular weight is 1040 g/mol. The van der Waals surface area contributed by atoms with Gasteiger partial charge in [-0.05, 0) is 61.6 Å². The Balaban J connectivity index is 0.867. The molecule has 4 aromatic rings. The minimum absolute atomic E-state index is 0.0700. The number of nitrogens with zero attached hydrogens (tertiary/aromatic N) is 6. The van der Waals surface area contributed by atoms with Gasteiger partial charge >= 0.3 is 0 Å². The van der Waals surface area contributed by atoms with E-state index in [0.717, 1.165) is 22.0 Å². The van der Waals surface area contributed by atoms with Crippen LogP contribution in [-0.4, -0.2) is 137 Å². The van der Waals surface area contributed by atoms with Crippen molar-refractivity contribution in [2.45, 2.75) is 118 Å². The highest BCUT2D eigenvalue weighted by atomic mass is 35.5. The quantitative estimate of drug-likeness (QED) is 0.0878. The van der Waals surface area contributed by atoms with Crippen molar-refractivity contribution in [2.75, 3.05) is 50.9 Å². The number of ether oxygens (including phenoxy) is 2. The zero-order valence-electron chi connectivity index (χ0n) is 43.3. The molecule has 1 saturated carbocycles. The number of pyridine rings is 1. The smallest absolute Gasteiger partial charge is 0.253 e. The number of piperazine rings is 1. The van der Waals surface area contributed by atoms with E-state index in [9.17, 15) is 34.3 Å². The number of hydrogen-bond donors (Lipinski definition) is 4. The number of anilines is 1. The first kappa shape index (κ1) is 54.8. The molecule has 19 heteroatoms. The third-order valence-electron chi connectivity index (χ3n) is 14.5. The van der Waals surface area contributed by atoms with Gasteiger partial charge in [-0.3, -0.25) is 28.9 Å². The minimum atomic E-state index is -1.11. The van der Waals surface area contributed by atoms with Crippen LogP contribution < -0.4 is 25.6 Å². The number of aryl methyl sites for hydroxylation is 1. The number of hydrogen-bond acceptors (Lipinski definition) is 14. The molecule has 2 aromatic carbocycles. The maximum Gasteiger partial charge on any atom is 0.253 e. The number of Topliss-reactive ketones (excluding diaryl/α,β-unsaturated/α-hetero) is 1. The highest BCUT2D eigenvalue weighted by Gasteiger charge is 2.64.